The Morgan fingerprint density at radius 1 is 0.333 bits per heavy atom. The molecule has 0 radical (unpaired) electrons. The standard InChI is InChI=1S/C68H41NO2S/c1-4-22-48-45(18-1)65-54(67(48)50-24-6-11-33-59(50)71-60-34-12-7-25-51(60)67)28-16-30-56(65)69(43-40-38-42(39-41-43)44-21-15-35-61-64(44)47-20-3-10-32-58(47)70-61)57-31-17-29-55-66(57)46-19-2-5-23-49(46)68(55)52-26-8-13-36-62(52)72-63-37-14-9-27-53(63)68/h1-41H. The molecule has 11 aromatic carbocycles. The highest BCUT2D eigenvalue weighted by molar-refractivity contribution is 7.99. The summed E-state index contributed by atoms with van der Waals surface area (Å²) in [7, 11) is 0. The van der Waals surface area contributed by atoms with Gasteiger partial charge in [0, 0.05) is 48.5 Å². The van der Waals surface area contributed by atoms with Crippen LogP contribution in [-0.4, -0.2) is 0 Å². The molecule has 3 heterocycles. The largest absolute Gasteiger partial charge is 0.457 e. The van der Waals surface area contributed by atoms with Crippen LogP contribution < -0.4 is 9.64 Å². The maximum atomic E-state index is 6.77. The van der Waals surface area contributed by atoms with Gasteiger partial charge in [0.1, 0.15) is 22.7 Å². The molecule has 2 aliphatic heterocycles. The Hall–Kier alpha value is -8.83. The van der Waals surface area contributed by atoms with Gasteiger partial charge in [0.05, 0.1) is 22.2 Å². The molecule has 16 rings (SSSR count). The molecule has 4 heteroatoms. The van der Waals surface area contributed by atoms with Crippen molar-refractivity contribution in [3.63, 3.8) is 0 Å². The van der Waals surface area contributed by atoms with E-state index < -0.39 is 10.8 Å². The molecule has 0 saturated carbocycles. The van der Waals surface area contributed by atoms with Crippen LogP contribution in [0.15, 0.2) is 263 Å². The van der Waals surface area contributed by atoms with Crippen molar-refractivity contribution in [1.29, 1.82) is 0 Å². The van der Waals surface area contributed by atoms with Gasteiger partial charge in [0.2, 0.25) is 0 Å². The number of rotatable bonds is 4. The van der Waals surface area contributed by atoms with E-state index in [9.17, 15) is 0 Å². The molecule has 0 atom stereocenters. The maximum absolute atomic E-state index is 6.77. The molecule has 0 unspecified atom stereocenters. The van der Waals surface area contributed by atoms with Crippen LogP contribution in [0.5, 0.6) is 11.5 Å². The van der Waals surface area contributed by atoms with Gasteiger partial charge in [-0.15, -0.1) is 0 Å². The number of fused-ring (bicyclic) bond motifs is 21. The second kappa shape index (κ2) is 14.8. The topological polar surface area (TPSA) is 25.6 Å². The summed E-state index contributed by atoms with van der Waals surface area (Å²) in [6.07, 6.45) is 0. The summed E-state index contributed by atoms with van der Waals surface area (Å²) in [6.45, 7) is 0. The molecular formula is C68H41NO2S. The quantitative estimate of drug-likeness (QED) is 0.176. The van der Waals surface area contributed by atoms with Crippen LogP contribution in [0, 0.1) is 0 Å². The van der Waals surface area contributed by atoms with Gasteiger partial charge >= 0.3 is 0 Å². The lowest BCUT2D eigenvalue weighted by atomic mass is 9.66. The van der Waals surface area contributed by atoms with Gasteiger partial charge in [-0.25, -0.2) is 0 Å². The van der Waals surface area contributed by atoms with E-state index in [4.69, 9.17) is 9.15 Å². The fraction of sp³-hybridized carbons (Fsp3) is 0.0294. The van der Waals surface area contributed by atoms with Crippen LogP contribution in [0.25, 0.3) is 55.3 Å². The molecule has 2 aliphatic carbocycles. The lowest BCUT2D eigenvalue weighted by Crippen LogP contribution is -2.32. The summed E-state index contributed by atoms with van der Waals surface area (Å²) in [5.41, 5.74) is 21.1. The summed E-state index contributed by atoms with van der Waals surface area (Å²) in [5, 5.41) is 2.25. The van der Waals surface area contributed by atoms with Crippen LogP contribution >= 0.6 is 11.8 Å². The Balaban J connectivity index is 0.998. The predicted molar refractivity (Wildman–Crippen MR) is 293 cm³/mol. The summed E-state index contributed by atoms with van der Waals surface area (Å²) >= 11 is 1.88. The average molecular weight is 936 g/mol. The third-order valence-corrected chi connectivity index (χ3v) is 17.2. The van der Waals surface area contributed by atoms with Crippen molar-refractivity contribution in [2.24, 2.45) is 0 Å². The minimum absolute atomic E-state index is 0.535. The fourth-order valence-electron chi connectivity index (χ4n) is 13.4. The van der Waals surface area contributed by atoms with Crippen LogP contribution in [0.4, 0.5) is 17.1 Å². The van der Waals surface area contributed by atoms with E-state index in [0.29, 0.717) is 0 Å². The van der Waals surface area contributed by atoms with E-state index in [1.165, 1.54) is 65.4 Å². The van der Waals surface area contributed by atoms with Gasteiger partial charge in [-0.3, -0.25) is 0 Å². The Kier molecular flexibility index (Phi) is 8.24. The second-order valence-electron chi connectivity index (χ2n) is 19.3. The molecule has 1 aromatic heterocycles. The smallest absolute Gasteiger partial charge is 0.136 e. The molecule has 0 fully saturated rings. The molecule has 0 saturated heterocycles. The fourth-order valence-corrected chi connectivity index (χ4v) is 14.5. The number of hydrogen-bond acceptors (Lipinski definition) is 4. The predicted octanol–water partition coefficient (Wildman–Crippen LogP) is 18.0. The zero-order valence-electron chi connectivity index (χ0n) is 38.8. The third kappa shape index (κ3) is 5.11. The first-order valence-electron chi connectivity index (χ1n) is 24.7. The van der Waals surface area contributed by atoms with Gasteiger partial charge in [0.15, 0.2) is 0 Å². The number of nitrogens with zero attached hydrogens (tertiary/aromatic N) is 1. The van der Waals surface area contributed by atoms with Gasteiger partial charge in [-0.1, -0.05) is 200 Å². The highest BCUT2D eigenvalue weighted by Gasteiger charge is 2.54. The molecule has 12 aromatic rings. The Bertz CT molecular complexity index is 3970. The van der Waals surface area contributed by atoms with Crippen molar-refractivity contribution in [3.8, 4) is 44.9 Å². The monoisotopic (exact) mass is 935 g/mol. The Labute approximate surface area is 421 Å². The first kappa shape index (κ1) is 40.0. The van der Waals surface area contributed by atoms with Gasteiger partial charge in [-0.2, -0.15) is 0 Å². The summed E-state index contributed by atoms with van der Waals surface area (Å²) < 4.78 is 13.2. The van der Waals surface area contributed by atoms with E-state index in [2.05, 4.69) is 248 Å². The third-order valence-electron chi connectivity index (χ3n) is 16.0. The highest BCUT2D eigenvalue weighted by atomic mass is 32.2. The SMILES string of the molecule is c1ccc2c(c1)Oc1ccccc1C21c2ccccc2-c2c(N(c3ccc(-c4cccc5oc6ccccc6c45)cc3)c3cccc4c3-c3ccccc3C43c4ccccc4Sc4ccccc43)cccc21. The normalized spacial score (nSPS) is 14.4. The van der Waals surface area contributed by atoms with Crippen LogP contribution in [0.2, 0.25) is 0 Å². The maximum Gasteiger partial charge on any atom is 0.136 e. The first-order valence-corrected chi connectivity index (χ1v) is 25.6. The number of ether oxygens (including phenoxy) is 1. The Morgan fingerprint density at radius 2 is 0.778 bits per heavy atom. The zero-order valence-corrected chi connectivity index (χ0v) is 39.7. The van der Waals surface area contributed by atoms with E-state index in [-0.39, 0.29) is 0 Å². The molecule has 2 spiro atoms. The lowest BCUT2D eigenvalue weighted by Gasteiger charge is -2.40. The summed E-state index contributed by atoms with van der Waals surface area (Å²) in [6, 6.07) is 91.7. The van der Waals surface area contributed by atoms with Crippen molar-refractivity contribution in [1.82, 2.24) is 0 Å². The zero-order chi connectivity index (χ0) is 47.1. The van der Waals surface area contributed by atoms with Crippen LogP contribution in [0.1, 0.15) is 44.5 Å². The van der Waals surface area contributed by atoms with Crippen LogP contribution in [-0.2, 0) is 10.8 Å². The van der Waals surface area contributed by atoms with Crippen molar-refractivity contribution in [2.45, 2.75) is 20.6 Å². The molecule has 0 bridgehead atoms. The minimum Gasteiger partial charge on any atom is -0.457 e. The Morgan fingerprint density at radius 3 is 1.39 bits per heavy atom. The molecule has 0 amide bonds. The molecule has 72 heavy (non-hydrogen) atoms. The molecule has 4 aliphatic rings. The number of benzene rings is 11. The van der Waals surface area contributed by atoms with Crippen molar-refractivity contribution in [3.05, 3.63) is 293 Å². The molecular weight excluding hydrogens is 895 g/mol. The van der Waals surface area contributed by atoms with Crippen molar-refractivity contribution >= 4 is 50.8 Å². The molecule has 336 valence electrons. The van der Waals surface area contributed by atoms with Gasteiger partial charge in [0.25, 0.3) is 0 Å². The number of furan rings is 1. The van der Waals surface area contributed by atoms with Crippen LogP contribution in [0.3, 0.4) is 0 Å². The number of para-hydroxylation sites is 3. The van der Waals surface area contributed by atoms with E-state index >= 15 is 0 Å². The molecule has 3 nitrogen and oxygen atoms in total. The van der Waals surface area contributed by atoms with Gasteiger partial charge in [-0.05, 0) is 116 Å². The lowest BCUT2D eigenvalue weighted by molar-refractivity contribution is 0.436. The summed E-state index contributed by atoms with van der Waals surface area (Å²) in [4.78, 5) is 5.14. The van der Waals surface area contributed by atoms with Gasteiger partial charge < -0.3 is 14.1 Å². The number of anilines is 3. The summed E-state index contributed by atoms with van der Waals surface area (Å²) in [5.74, 6) is 1.76. The average Bonchev–Trinajstić information content (AvgIpc) is 4.07. The van der Waals surface area contributed by atoms with Crippen molar-refractivity contribution < 1.29 is 9.15 Å². The second-order valence-corrected chi connectivity index (χ2v) is 20.4. The van der Waals surface area contributed by atoms with E-state index in [1.54, 1.807) is 0 Å². The van der Waals surface area contributed by atoms with Crippen molar-refractivity contribution in [2.75, 3.05) is 4.90 Å². The van der Waals surface area contributed by atoms with E-state index in [1.807, 2.05) is 17.8 Å². The van der Waals surface area contributed by atoms with E-state index in [0.717, 1.165) is 72.8 Å². The number of hydrogen-bond donors (Lipinski definition) is 0. The minimum atomic E-state index is -0.628. The first-order chi connectivity index (χ1) is 35.7. The molecule has 0 N–H and O–H groups in total. The highest BCUT2D eigenvalue weighted by Crippen LogP contribution is 2.67.